The van der Waals surface area contributed by atoms with Crippen molar-refractivity contribution < 1.29 is 14.6 Å². The van der Waals surface area contributed by atoms with Gasteiger partial charge >= 0.3 is 5.97 Å². The van der Waals surface area contributed by atoms with Gasteiger partial charge in [-0.2, -0.15) is 11.8 Å². The molecule has 1 aromatic rings. The van der Waals surface area contributed by atoms with Gasteiger partial charge in [0.25, 0.3) is 0 Å². The van der Waals surface area contributed by atoms with Gasteiger partial charge in [0.2, 0.25) is 0 Å². The quantitative estimate of drug-likeness (QED) is 0.747. The highest BCUT2D eigenvalue weighted by Crippen LogP contribution is 2.22. The molecule has 0 bridgehead atoms. The van der Waals surface area contributed by atoms with Crippen LogP contribution in [0.1, 0.15) is 11.1 Å². The van der Waals surface area contributed by atoms with Crippen molar-refractivity contribution in [2.24, 2.45) is 0 Å². The lowest BCUT2D eigenvalue weighted by atomic mass is 10.1. The molecule has 0 aliphatic carbocycles. The van der Waals surface area contributed by atoms with Gasteiger partial charge in [0, 0.05) is 30.5 Å². The summed E-state index contributed by atoms with van der Waals surface area (Å²) in [7, 11) is 3.71. The van der Waals surface area contributed by atoms with E-state index in [1.165, 1.54) is 0 Å². The average molecular weight is 295 g/mol. The highest BCUT2D eigenvalue weighted by Gasteiger charge is 2.07. The molecule has 0 atom stereocenters. The van der Waals surface area contributed by atoms with Crippen LogP contribution in [0.2, 0.25) is 0 Å². The number of hydrogen-bond acceptors (Lipinski definition) is 4. The maximum Gasteiger partial charge on any atom is 0.328 e. The summed E-state index contributed by atoms with van der Waals surface area (Å²) < 4.78 is 5.36. The number of thioether (sulfide) groups is 1. The predicted molar refractivity (Wildman–Crippen MR) is 84.4 cm³/mol. The largest absolute Gasteiger partial charge is 0.496 e. The maximum atomic E-state index is 10.6. The molecule has 0 amide bonds. The van der Waals surface area contributed by atoms with Crippen LogP contribution >= 0.6 is 11.8 Å². The fourth-order valence-corrected chi connectivity index (χ4v) is 2.30. The molecule has 0 aliphatic rings. The molecule has 0 unspecified atom stereocenters. The van der Waals surface area contributed by atoms with E-state index >= 15 is 0 Å². The highest BCUT2D eigenvalue weighted by molar-refractivity contribution is 7.98. The molecule has 0 aliphatic heterocycles. The van der Waals surface area contributed by atoms with E-state index in [2.05, 4.69) is 18.2 Å². The second kappa shape index (κ2) is 8.66. The smallest absolute Gasteiger partial charge is 0.328 e. The molecule has 0 radical (unpaired) electrons. The fourth-order valence-electron chi connectivity index (χ4n) is 1.81. The summed E-state index contributed by atoms with van der Waals surface area (Å²) in [6.07, 6.45) is 4.82. The molecule has 0 spiro atoms. The van der Waals surface area contributed by atoms with Crippen molar-refractivity contribution in [1.29, 1.82) is 0 Å². The van der Waals surface area contributed by atoms with E-state index in [4.69, 9.17) is 9.84 Å². The first-order chi connectivity index (χ1) is 9.56. The minimum Gasteiger partial charge on any atom is -0.496 e. The number of methoxy groups -OCH3 is 1. The summed E-state index contributed by atoms with van der Waals surface area (Å²) in [4.78, 5) is 12.8. The molecule has 1 N–H and O–H groups in total. The van der Waals surface area contributed by atoms with Crippen molar-refractivity contribution in [2.75, 3.05) is 32.7 Å². The van der Waals surface area contributed by atoms with Gasteiger partial charge in [0.15, 0.2) is 0 Å². The summed E-state index contributed by atoms with van der Waals surface area (Å²) in [5.74, 6) is 0.963. The zero-order chi connectivity index (χ0) is 15.0. The number of nitrogens with zero attached hydrogens (tertiary/aromatic N) is 1. The molecule has 4 nitrogen and oxygen atoms in total. The standard InChI is InChI=1S/C15H21NO3S/c1-16(8-9-20-3)11-13-10-12(5-7-15(17)18)4-6-14(13)19-2/h4-7,10H,8-9,11H2,1-3H3,(H,17,18)/b7-5+. The Morgan fingerprint density at radius 3 is 2.85 bits per heavy atom. The molecule has 0 saturated heterocycles. The number of ether oxygens (including phenoxy) is 1. The normalized spacial score (nSPS) is 11.2. The third-order valence-corrected chi connectivity index (χ3v) is 3.43. The van der Waals surface area contributed by atoms with Crippen molar-refractivity contribution in [2.45, 2.75) is 6.54 Å². The number of hydrogen-bond donors (Lipinski definition) is 1. The number of rotatable bonds is 8. The second-order valence-corrected chi connectivity index (χ2v) is 5.46. The van der Waals surface area contributed by atoms with Crippen LogP contribution in [0.15, 0.2) is 24.3 Å². The summed E-state index contributed by atoms with van der Waals surface area (Å²) >= 11 is 1.82. The van der Waals surface area contributed by atoms with Crippen molar-refractivity contribution >= 4 is 23.8 Å². The van der Waals surface area contributed by atoms with Crippen molar-refractivity contribution in [3.05, 3.63) is 35.4 Å². The van der Waals surface area contributed by atoms with Crippen molar-refractivity contribution in [3.8, 4) is 5.75 Å². The Morgan fingerprint density at radius 2 is 2.25 bits per heavy atom. The minimum atomic E-state index is -0.945. The van der Waals surface area contributed by atoms with Gasteiger partial charge in [-0.15, -0.1) is 0 Å². The summed E-state index contributed by atoms with van der Waals surface area (Å²) in [6, 6.07) is 5.69. The van der Waals surface area contributed by atoms with Gasteiger partial charge in [-0.05, 0) is 37.1 Å². The Labute approximate surface area is 124 Å². The van der Waals surface area contributed by atoms with Crippen LogP contribution in [0.4, 0.5) is 0 Å². The third kappa shape index (κ3) is 5.67. The lowest BCUT2D eigenvalue weighted by Gasteiger charge is -2.18. The van der Waals surface area contributed by atoms with Crippen LogP contribution in [0, 0.1) is 0 Å². The van der Waals surface area contributed by atoms with Gasteiger partial charge in [-0.1, -0.05) is 6.07 Å². The molecular formula is C15H21NO3S. The summed E-state index contributed by atoms with van der Waals surface area (Å²) in [5.41, 5.74) is 1.92. The van der Waals surface area contributed by atoms with Crippen LogP contribution in [-0.4, -0.2) is 48.7 Å². The van der Waals surface area contributed by atoms with Crippen LogP contribution in [0.3, 0.4) is 0 Å². The molecule has 0 heterocycles. The molecule has 20 heavy (non-hydrogen) atoms. The molecular weight excluding hydrogens is 274 g/mol. The van der Waals surface area contributed by atoms with Crippen LogP contribution < -0.4 is 4.74 Å². The first-order valence-electron chi connectivity index (χ1n) is 6.32. The molecule has 1 aromatic carbocycles. The van der Waals surface area contributed by atoms with E-state index in [-0.39, 0.29) is 0 Å². The minimum absolute atomic E-state index is 0.776. The first kappa shape index (κ1) is 16.6. The van der Waals surface area contributed by atoms with E-state index in [1.54, 1.807) is 13.2 Å². The number of benzene rings is 1. The summed E-state index contributed by atoms with van der Waals surface area (Å²) in [6.45, 7) is 1.78. The van der Waals surface area contributed by atoms with Crippen molar-refractivity contribution in [1.82, 2.24) is 4.90 Å². The highest BCUT2D eigenvalue weighted by atomic mass is 32.2. The molecule has 110 valence electrons. The van der Waals surface area contributed by atoms with Gasteiger partial charge in [0.1, 0.15) is 5.75 Å². The number of carboxylic acids is 1. The topological polar surface area (TPSA) is 49.8 Å². The van der Waals surface area contributed by atoms with Crippen LogP contribution in [0.25, 0.3) is 6.08 Å². The number of carbonyl (C=O) groups is 1. The van der Waals surface area contributed by atoms with Crippen LogP contribution in [0.5, 0.6) is 5.75 Å². The van der Waals surface area contributed by atoms with E-state index in [0.29, 0.717) is 0 Å². The fraction of sp³-hybridized carbons (Fsp3) is 0.400. The molecule has 1 rings (SSSR count). The zero-order valence-corrected chi connectivity index (χ0v) is 12.9. The average Bonchev–Trinajstić information content (AvgIpc) is 2.43. The van der Waals surface area contributed by atoms with Gasteiger partial charge < -0.3 is 14.7 Å². The van der Waals surface area contributed by atoms with E-state index < -0.39 is 5.97 Å². The van der Waals surface area contributed by atoms with Gasteiger partial charge in [0.05, 0.1) is 7.11 Å². The Balaban J connectivity index is 2.85. The van der Waals surface area contributed by atoms with Crippen LogP contribution in [-0.2, 0) is 11.3 Å². The molecule has 5 heteroatoms. The number of carboxylic acid groups (broad SMARTS) is 1. The van der Waals surface area contributed by atoms with E-state index in [9.17, 15) is 4.79 Å². The Hall–Kier alpha value is -1.46. The second-order valence-electron chi connectivity index (χ2n) is 4.47. The zero-order valence-electron chi connectivity index (χ0n) is 12.1. The monoisotopic (exact) mass is 295 g/mol. The first-order valence-corrected chi connectivity index (χ1v) is 7.71. The Kier molecular flexibility index (Phi) is 7.18. The predicted octanol–water partition coefficient (Wildman–Crippen LogP) is 2.59. The van der Waals surface area contributed by atoms with Gasteiger partial charge in [-0.25, -0.2) is 4.79 Å². The molecule has 0 saturated carbocycles. The summed E-state index contributed by atoms with van der Waals surface area (Å²) in [5, 5.41) is 8.67. The maximum absolute atomic E-state index is 10.6. The number of aliphatic carboxylic acids is 1. The Bertz CT molecular complexity index is 474. The Morgan fingerprint density at radius 1 is 1.50 bits per heavy atom. The lowest BCUT2D eigenvalue weighted by Crippen LogP contribution is -2.21. The van der Waals surface area contributed by atoms with Gasteiger partial charge in [-0.3, -0.25) is 0 Å². The van der Waals surface area contributed by atoms with E-state index in [0.717, 1.165) is 41.8 Å². The van der Waals surface area contributed by atoms with E-state index in [1.807, 2.05) is 30.0 Å². The molecule has 0 fully saturated rings. The third-order valence-electron chi connectivity index (χ3n) is 2.84. The van der Waals surface area contributed by atoms with Crippen molar-refractivity contribution in [3.63, 3.8) is 0 Å². The lowest BCUT2D eigenvalue weighted by molar-refractivity contribution is -0.131. The molecule has 0 aromatic heterocycles. The SMILES string of the molecule is COc1ccc(/C=C/C(=O)O)cc1CN(C)CCSC.